The summed E-state index contributed by atoms with van der Waals surface area (Å²) in [5, 5.41) is 41.7. The minimum atomic E-state index is -0.261. The Hall–Kier alpha value is -15.5. The zero-order chi connectivity index (χ0) is 92.3. The fraction of sp³-hybridized carbons (Fsp3) is 0.273. The van der Waals surface area contributed by atoms with Crippen LogP contribution in [0.3, 0.4) is 0 Å². The minimum absolute atomic E-state index is 0.0939. The van der Waals surface area contributed by atoms with Gasteiger partial charge in [0.25, 0.3) is 0 Å². The zero-order valence-electron chi connectivity index (χ0n) is 75.3. The van der Waals surface area contributed by atoms with Crippen LogP contribution in [0.4, 0.5) is 56.9 Å². The molecule has 0 amide bonds. The van der Waals surface area contributed by atoms with E-state index >= 15 is 0 Å². The van der Waals surface area contributed by atoms with Crippen molar-refractivity contribution in [3.63, 3.8) is 0 Å². The van der Waals surface area contributed by atoms with Crippen molar-refractivity contribution in [1.29, 1.82) is 5.26 Å². The van der Waals surface area contributed by atoms with E-state index in [-0.39, 0.29) is 28.8 Å². The van der Waals surface area contributed by atoms with Gasteiger partial charge in [-0.05, 0) is 160 Å². The van der Waals surface area contributed by atoms with E-state index in [1.54, 1.807) is 80.7 Å². The van der Waals surface area contributed by atoms with E-state index in [0.29, 0.717) is 50.7 Å². The molecule has 0 unspecified atom stereocenters. The maximum absolute atomic E-state index is 14.1. The van der Waals surface area contributed by atoms with Crippen molar-refractivity contribution in [2.45, 2.75) is 53.5 Å². The maximum Gasteiger partial charge on any atom is 0.208 e. The summed E-state index contributed by atoms with van der Waals surface area (Å²) in [6.45, 7) is 27.3. The summed E-state index contributed by atoms with van der Waals surface area (Å²) in [4.78, 5) is 70.2. The summed E-state index contributed by atoms with van der Waals surface area (Å²) in [6.07, 6.45) is 35.7. The number of fused-ring (bicyclic) bond motifs is 8. The van der Waals surface area contributed by atoms with Crippen LogP contribution >= 0.6 is 11.3 Å². The third-order valence-electron chi connectivity index (χ3n) is 26.4. The molecule has 0 bridgehead atoms. The van der Waals surface area contributed by atoms with Gasteiger partial charge >= 0.3 is 0 Å². The third kappa shape index (κ3) is 17.0. The Morgan fingerprint density at radius 1 is 0.348 bits per heavy atom. The summed E-state index contributed by atoms with van der Waals surface area (Å²) >= 11 is 1.63. The fourth-order valence-electron chi connectivity index (χ4n) is 18.8. The largest absolute Gasteiger partial charge is 0.368 e. The highest BCUT2D eigenvalue weighted by atomic mass is 32.1. The molecule has 0 N–H and O–H groups in total. The van der Waals surface area contributed by atoms with E-state index in [1.165, 1.54) is 30.0 Å². The molecule has 24 rings (SSSR count). The monoisotopic (exact) mass is 1820 g/mol. The Kier molecular flexibility index (Phi) is 23.2. The summed E-state index contributed by atoms with van der Waals surface area (Å²) in [6, 6.07) is 29.5. The second kappa shape index (κ2) is 36.2. The van der Waals surface area contributed by atoms with E-state index < -0.39 is 0 Å². The number of likely N-dealkylation sites (N-methyl/N-ethyl adjacent to an activating group) is 1. The molecule has 5 fully saturated rings. The first-order valence-corrected chi connectivity index (χ1v) is 45.7. The van der Waals surface area contributed by atoms with Crippen LogP contribution < -0.4 is 34.3 Å². The van der Waals surface area contributed by atoms with Crippen molar-refractivity contribution in [3.05, 3.63) is 265 Å². The van der Waals surface area contributed by atoms with Gasteiger partial charge in [-0.1, -0.05) is 11.3 Å². The van der Waals surface area contributed by atoms with Gasteiger partial charge in [0.15, 0.2) is 22.6 Å². The van der Waals surface area contributed by atoms with Gasteiger partial charge in [-0.15, -0.1) is 10.2 Å². The Balaban J connectivity index is 0.000000108. The van der Waals surface area contributed by atoms with Crippen LogP contribution in [0.25, 0.3) is 111 Å². The molecule has 0 atom stereocenters. The molecule has 5 saturated heterocycles. The van der Waals surface area contributed by atoms with Gasteiger partial charge in [-0.3, -0.25) is 29.8 Å². The SMILES string of the molecule is Cc1cc2c(-c3cnn4cc(N5CC(CC#N)(N6CCN(C)CC6)C5)cnc34)ccnc2cc1F.Cc1cc2c(-c3cnn4cc(N5CCN(c6ccncc6)CC5)cnc34)ccnc2cc1F.Cc1nccc(N2CCN(c3cnc4c(-c5ccnc6cc(F)c(C)cc56)cnn4c3)CC2)n1.Cc1nnc(N2CCN(c3cnc4c(-c5ccnc6cc(F)c(C)cc56)cnn4c3)CC2)s1. The van der Waals surface area contributed by atoms with E-state index in [1.807, 2.05) is 175 Å². The molecule has 678 valence electrons. The lowest BCUT2D eigenvalue weighted by molar-refractivity contribution is 0.0221. The number of nitriles is 1. The standard InChI is InChI=1S/C26H27FN8.C25H23FN8.C25H22FN7.C23H21FN8S/c1-18-11-21-20(3-6-29-24(21)12-23(18)27)22-14-31-35-15-19(13-30-25(22)35)33-16-26(17-33,4-5-28)34-9-7-32(2)8-10-34;1-16-11-20-19(3-5-28-23(20)12-22(16)26)21-14-30-34-15-18(13-29-25(21)34)32-7-9-33(10-8-32)24-4-6-27-17(2)31-24;1-17-12-21-20(4-7-28-24(21)13-23(17)26)22-15-30-33-16-19(14-29-25(22)33)32-10-8-31(9-11-32)18-2-5-27-6-3-18;1-14-9-18-17(3-4-25-21(18)10-20(14)24)19-12-27-32-13-16(11-26-22(19)32)30-5-7-31(8-6-30)23-29-28-15(2)33-23/h3,6,11-15H,4,7-10,16-17H2,1-2H3;3-6,11-15H,7-10H2,1-2H3;2-7,12-16H,8-11H2,1H3;3-4,9-13H,5-8H2,1-2H3. The number of hydrogen-bond donors (Lipinski definition) is 0. The lowest BCUT2D eigenvalue weighted by Gasteiger charge is -2.57. The van der Waals surface area contributed by atoms with Gasteiger partial charge < -0.3 is 39.2 Å². The molecule has 0 saturated carbocycles. The average Bonchev–Trinajstić information content (AvgIpc) is 1.73. The van der Waals surface area contributed by atoms with Gasteiger partial charge in [-0.25, -0.2) is 65.5 Å². The van der Waals surface area contributed by atoms with Gasteiger partial charge in [0.2, 0.25) is 5.13 Å². The van der Waals surface area contributed by atoms with Crippen molar-refractivity contribution >= 4 is 117 Å². The van der Waals surface area contributed by atoms with E-state index in [2.05, 4.69) is 123 Å². The molecular formula is C99H93F4N31S. The predicted octanol–water partition coefficient (Wildman–Crippen LogP) is 14.9. The van der Waals surface area contributed by atoms with Gasteiger partial charge in [0.1, 0.15) is 39.9 Å². The number of rotatable bonds is 13. The summed E-state index contributed by atoms with van der Waals surface area (Å²) < 4.78 is 63.5. The summed E-state index contributed by atoms with van der Waals surface area (Å²) in [5.41, 5.74) is 20.4. The molecule has 36 heteroatoms. The molecule has 4 aromatic carbocycles. The number of aromatic nitrogens is 21. The number of hydrogen-bond acceptors (Lipinski definition) is 28. The molecule has 5 aliphatic rings. The van der Waals surface area contributed by atoms with Crippen LogP contribution in [0.2, 0.25) is 0 Å². The number of nitrogens with zero attached hydrogens (tertiary/aromatic N) is 31. The molecule has 19 aromatic rings. The number of benzene rings is 4. The first kappa shape index (κ1) is 86.2. The Morgan fingerprint density at radius 2 is 0.689 bits per heavy atom. The van der Waals surface area contributed by atoms with Gasteiger partial charge in [-0.2, -0.15) is 25.7 Å². The van der Waals surface area contributed by atoms with Crippen molar-refractivity contribution in [3.8, 4) is 50.6 Å². The molecule has 0 radical (unpaired) electrons. The van der Waals surface area contributed by atoms with Crippen LogP contribution in [0.5, 0.6) is 0 Å². The average molecular weight is 1830 g/mol. The molecular weight excluding hydrogens is 1730 g/mol. The van der Waals surface area contributed by atoms with Crippen LogP contribution in [0.15, 0.2) is 209 Å². The van der Waals surface area contributed by atoms with Gasteiger partial charge in [0, 0.05) is 235 Å². The zero-order valence-corrected chi connectivity index (χ0v) is 76.2. The van der Waals surface area contributed by atoms with E-state index in [4.69, 9.17) is 19.9 Å². The molecule has 135 heavy (non-hydrogen) atoms. The number of pyridine rings is 5. The van der Waals surface area contributed by atoms with Crippen LogP contribution in [-0.2, 0) is 0 Å². The van der Waals surface area contributed by atoms with Crippen LogP contribution in [0, 0.1) is 76.1 Å². The predicted molar refractivity (Wildman–Crippen MR) is 517 cm³/mol. The Labute approximate surface area is 777 Å². The smallest absolute Gasteiger partial charge is 0.208 e. The second-order valence-electron chi connectivity index (χ2n) is 34.9. The quantitative estimate of drug-likeness (QED) is 0.0969. The molecule has 0 aliphatic carbocycles. The van der Waals surface area contributed by atoms with Crippen LogP contribution in [0.1, 0.15) is 39.5 Å². The number of piperazine rings is 4. The van der Waals surface area contributed by atoms with E-state index in [0.717, 1.165) is 251 Å². The first-order chi connectivity index (χ1) is 65.8. The molecule has 20 heterocycles. The highest BCUT2D eigenvalue weighted by Crippen LogP contribution is 2.41. The van der Waals surface area contributed by atoms with Crippen molar-refractivity contribution < 1.29 is 17.6 Å². The van der Waals surface area contributed by atoms with Gasteiger partial charge in [0.05, 0.1) is 137 Å². The summed E-state index contributed by atoms with van der Waals surface area (Å²) in [7, 11) is 2.15. The minimum Gasteiger partial charge on any atom is -0.368 e. The molecule has 5 aliphatic heterocycles. The Bertz CT molecular complexity index is 7730. The molecule has 15 aromatic heterocycles. The third-order valence-corrected chi connectivity index (χ3v) is 27.3. The number of anilines is 7. The lowest BCUT2D eigenvalue weighted by atomic mass is 9.83. The fourth-order valence-corrected chi connectivity index (χ4v) is 19.5. The lowest BCUT2D eigenvalue weighted by Crippen LogP contribution is -2.72. The maximum atomic E-state index is 14.1. The molecule has 0 spiro atoms. The normalized spacial score (nSPS) is 15.5. The first-order valence-electron chi connectivity index (χ1n) is 44.9. The van der Waals surface area contributed by atoms with Crippen molar-refractivity contribution in [2.24, 2.45) is 0 Å². The second-order valence-corrected chi connectivity index (χ2v) is 36.0. The molecule has 31 nitrogen and oxygen atoms in total. The highest BCUT2D eigenvalue weighted by molar-refractivity contribution is 7.15. The Morgan fingerprint density at radius 3 is 1.04 bits per heavy atom. The van der Waals surface area contributed by atoms with Crippen molar-refractivity contribution in [2.75, 3.05) is 159 Å². The van der Waals surface area contributed by atoms with Crippen LogP contribution in [-0.4, -0.2) is 244 Å². The number of aryl methyl sites for hydroxylation is 6. The van der Waals surface area contributed by atoms with Crippen molar-refractivity contribution in [1.82, 2.24) is 113 Å². The highest BCUT2D eigenvalue weighted by Gasteiger charge is 2.48. The van der Waals surface area contributed by atoms with E-state index in [9.17, 15) is 22.8 Å². The number of halogens is 4. The summed E-state index contributed by atoms with van der Waals surface area (Å²) in [5.74, 6) is 0.733. The topological polar surface area (TPSA) is 290 Å².